The molecule has 0 radical (unpaired) electrons. The van der Waals surface area contributed by atoms with Crippen molar-refractivity contribution in [3.63, 3.8) is 0 Å². The van der Waals surface area contributed by atoms with Crippen LogP contribution in [0.1, 0.15) is 10.5 Å². The molecule has 7 heteroatoms. The number of carbonyl (C=O) groups is 1. The van der Waals surface area contributed by atoms with Gasteiger partial charge in [0.1, 0.15) is 7.05 Å². The molecule has 12 heavy (non-hydrogen) atoms. The highest BCUT2D eigenvalue weighted by Crippen LogP contribution is 2.12. The summed E-state index contributed by atoms with van der Waals surface area (Å²) in [7, 11) is 1.36. The first kappa shape index (κ1) is 8.66. The Kier molecular flexibility index (Phi) is 2.09. The van der Waals surface area contributed by atoms with Crippen molar-refractivity contribution >= 4 is 22.7 Å². The molecule has 1 rings (SSSR count). The van der Waals surface area contributed by atoms with Crippen LogP contribution in [0.3, 0.4) is 0 Å². The highest BCUT2D eigenvalue weighted by molar-refractivity contribution is 6.67. The molecule has 0 atom stereocenters. The zero-order valence-electron chi connectivity index (χ0n) is 6.02. The van der Waals surface area contributed by atoms with E-state index >= 15 is 0 Å². The highest BCUT2D eigenvalue weighted by atomic mass is 35.5. The van der Waals surface area contributed by atoms with Gasteiger partial charge in [-0.25, -0.2) is 0 Å². The minimum absolute atomic E-state index is 0.120. The third-order valence-electron chi connectivity index (χ3n) is 1.24. The molecule has 1 aromatic heterocycles. The van der Waals surface area contributed by atoms with Gasteiger partial charge < -0.3 is 10.1 Å². The molecule has 0 aliphatic carbocycles. The normalized spacial score (nSPS) is 9.83. The summed E-state index contributed by atoms with van der Waals surface area (Å²) in [6, 6.07) is 1.02. The van der Waals surface area contributed by atoms with Crippen molar-refractivity contribution in [2.75, 3.05) is 0 Å². The second-order valence-corrected chi connectivity index (χ2v) is 2.39. The Labute approximate surface area is 71.9 Å². The zero-order valence-corrected chi connectivity index (χ0v) is 6.78. The smallest absolute Gasteiger partial charge is 0.345 e. The molecule has 1 heterocycles. The fourth-order valence-corrected chi connectivity index (χ4v) is 0.817. The van der Waals surface area contributed by atoms with Crippen LogP contribution < -0.4 is 0 Å². The molecule has 1 aromatic rings. The van der Waals surface area contributed by atoms with Crippen LogP contribution >= 0.6 is 11.6 Å². The van der Waals surface area contributed by atoms with Crippen LogP contribution in [0, 0.1) is 10.1 Å². The monoisotopic (exact) mass is 189 g/mol. The number of nitrogens with zero attached hydrogens (tertiary/aromatic N) is 3. The number of hydrogen-bond acceptors (Lipinski definition) is 4. The lowest BCUT2D eigenvalue weighted by Gasteiger charge is -1.89. The van der Waals surface area contributed by atoms with Gasteiger partial charge in [0.2, 0.25) is 0 Å². The Bertz CT molecular complexity index is 346. The van der Waals surface area contributed by atoms with Crippen LogP contribution in [0.2, 0.25) is 0 Å². The van der Waals surface area contributed by atoms with Gasteiger partial charge in [0.25, 0.3) is 5.24 Å². The van der Waals surface area contributed by atoms with Gasteiger partial charge in [-0.3, -0.25) is 4.79 Å². The first-order valence-corrected chi connectivity index (χ1v) is 3.28. The summed E-state index contributed by atoms with van der Waals surface area (Å²) in [5.74, 6) is -0.265. The van der Waals surface area contributed by atoms with E-state index in [-0.39, 0.29) is 11.5 Å². The molecule has 0 fully saturated rings. The minimum Gasteiger partial charge on any atom is -0.358 e. The summed E-state index contributed by atoms with van der Waals surface area (Å²) in [6.45, 7) is 0. The van der Waals surface area contributed by atoms with E-state index in [1.54, 1.807) is 0 Å². The van der Waals surface area contributed by atoms with Gasteiger partial charge in [-0.2, -0.15) is 0 Å². The molecule has 0 aliphatic heterocycles. The predicted molar refractivity (Wildman–Crippen MR) is 40.0 cm³/mol. The maximum atomic E-state index is 10.5. The van der Waals surface area contributed by atoms with E-state index in [2.05, 4.69) is 5.10 Å². The first-order valence-electron chi connectivity index (χ1n) is 2.90. The highest BCUT2D eigenvalue weighted by Gasteiger charge is 2.17. The third kappa shape index (κ3) is 1.42. The Morgan fingerprint density at radius 1 is 1.83 bits per heavy atom. The second kappa shape index (κ2) is 2.90. The van der Waals surface area contributed by atoms with E-state index in [1.807, 2.05) is 0 Å². The Balaban J connectivity index is 3.17. The SMILES string of the molecule is Cn1nc(C(=O)Cl)cc1[N+](=O)[O-]. The molecule has 0 amide bonds. The Morgan fingerprint density at radius 2 is 2.42 bits per heavy atom. The van der Waals surface area contributed by atoms with Gasteiger partial charge in [0.05, 0.1) is 6.07 Å². The van der Waals surface area contributed by atoms with Crippen molar-refractivity contribution in [1.82, 2.24) is 9.78 Å². The molecule has 0 N–H and O–H groups in total. The second-order valence-electron chi connectivity index (χ2n) is 2.04. The number of nitro groups is 1. The van der Waals surface area contributed by atoms with Crippen LogP contribution in [0.4, 0.5) is 5.82 Å². The maximum absolute atomic E-state index is 10.5. The standard InChI is InChI=1S/C5H4ClN3O3/c1-8-4(9(11)12)2-3(7-8)5(6)10/h2H,1H3. The van der Waals surface area contributed by atoms with Crippen molar-refractivity contribution in [2.24, 2.45) is 7.05 Å². The molecule has 0 saturated heterocycles. The molecule has 0 bridgehead atoms. The lowest BCUT2D eigenvalue weighted by atomic mass is 10.5. The lowest BCUT2D eigenvalue weighted by molar-refractivity contribution is -0.392. The molecular weight excluding hydrogens is 186 g/mol. The van der Waals surface area contributed by atoms with E-state index in [0.717, 1.165) is 10.7 Å². The number of carbonyl (C=O) groups excluding carboxylic acids is 1. The van der Waals surface area contributed by atoms with E-state index < -0.39 is 10.2 Å². The van der Waals surface area contributed by atoms with E-state index in [0.29, 0.717) is 0 Å². The van der Waals surface area contributed by atoms with Crippen LogP contribution in [0.15, 0.2) is 6.07 Å². The Hall–Kier alpha value is -1.43. The van der Waals surface area contributed by atoms with Gasteiger partial charge in [-0.1, -0.05) is 5.10 Å². The number of rotatable bonds is 2. The molecule has 0 unspecified atom stereocenters. The molecule has 64 valence electrons. The first-order chi connectivity index (χ1) is 5.52. The minimum atomic E-state index is -0.807. The van der Waals surface area contributed by atoms with E-state index in [9.17, 15) is 14.9 Å². The summed E-state index contributed by atoms with van der Waals surface area (Å²) < 4.78 is 0.982. The maximum Gasteiger partial charge on any atom is 0.345 e. The predicted octanol–water partition coefficient (Wildman–Crippen LogP) is 0.707. The molecule has 0 spiro atoms. The van der Waals surface area contributed by atoms with Crippen molar-refractivity contribution in [2.45, 2.75) is 0 Å². The van der Waals surface area contributed by atoms with Gasteiger partial charge in [-0.05, 0) is 16.5 Å². The van der Waals surface area contributed by atoms with Crippen molar-refractivity contribution in [1.29, 1.82) is 0 Å². The largest absolute Gasteiger partial charge is 0.358 e. The molecule has 6 nitrogen and oxygen atoms in total. The molecule has 0 aliphatic rings. The number of aromatic nitrogens is 2. The van der Waals surface area contributed by atoms with Gasteiger partial charge in [0.15, 0.2) is 5.69 Å². The molecule has 0 saturated carbocycles. The topological polar surface area (TPSA) is 78.0 Å². The van der Waals surface area contributed by atoms with Crippen molar-refractivity contribution < 1.29 is 9.72 Å². The fraction of sp³-hybridized carbons (Fsp3) is 0.200. The summed E-state index contributed by atoms with van der Waals surface area (Å²) in [5.41, 5.74) is -0.120. The van der Waals surface area contributed by atoms with Gasteiger partial charge >= 0.3 is 5.82 Å². The number of aryl methyl sites for hydroxylation is 1. The van der Waals surface area contributed by atoms with Crippen LogP contribution in [-0.4, -0.2) is 19.9 Å². The quantitative estimate of drug-likeness (QED) is 0.390. The average molecular weight is 190 g/mol. The third-order valence-corrected chi connectivity index (χ3v) is 1.44. The van der Waals surface area contributed by atoms with Crippen molar-refractivity contribution in [3.8, 4) is 0 Å². The average Bonchev–Trinajstić information content (AvgIpc) is 2.30. The lowest BCUT2D eigenvalue weighted by Crippen LogP contribution is -1.98. The van der Waals surface area contributed by atoms with Crippen LogP contribution in [0.5, 0.6) is 0 Å². The summed E-state index contributed by atoms with van der Waals surface area (Å²) in [5, 5.41) is 13.0. The summed E-state index contributed by atoms with van der Waals surface area (Å²) in [6.07, 6.45) is 0. The van der Waals surface area contributed by atoms with Crippen molar-refractivity contribution in [3.05, 3.63) is 21.9 Å². The fourth-order valence-electron chi connectivity index (χ4n) is 0.724. The van der Waals surface area contributed by atoms with E-state index in [4.69, 9.17) is 11.6 Å². The van der Waals surface area contributed by atoms with Crippen LogP contribution in [0.25, 0.3) is 0 Å². The zero-order chi connectivity index (χ0) is 9.30. The summed E-state index contributed by atoms with van der Waals surface area (Å²) in [4.78, 5) is 20.1. The van der Waals surface area contributed by atoms with Crippen LogP contribution in [-0.2, 0) is 7.05 Å². The Morgan fingerprint density at radius 3 is 2.67 bits per heavy atom. The number of hydrogen-bond donors (Lipinski definition) is 0. The molecule has 0 aromatic carbocycles. The van der Waals surface area contributed by atoms with E-state index in [1.165, 1.54) is 7.05 Å². The number of halogens is 1. The molecular formula is C5H4ClN3O3. The van der Waals surface area contributed by atoms with Gasteiger partial charge in [-0.15, -0.1) is 4.68 Å². The van der Waals surface area contributed by atoms with Gasteiger partial charge in [0, 0.05) is 0 Å². The summed E-state index contributed by atoms with van der Waals surface area (Å²) >= 11 is 5.06.